The Morgan fingerprint density at radius 1 is 1.33 bits per heavy atom. The highest BCUT2D eigenvalue weighted by Crippen LogP contribution is 2.21. The molecule has 1 aromatic carbocycles. The molecule has 4 heteroatoms. The van der Waals surface area contributed by atoms with Gasteiger partial charge in [-0.15, -0.1) is 0 Å². The Morgan fingerprint density at radius 2 is 1.94 bits per heavy atom. The van der Waals surface area contributed by atoms with Crippen LogP contribution in [0.25, 0.3) is 0 Å². The van der Waals surface area contributed by atoms with E-state index in [0.29, 0.717) is 6.54 Å². The number of benzene rings is 1. The lowest BCUT2D eigenvalue weighted by atomic mass is 10.1. The Bertz CT molecular complexity index is 385. The summed E-state index contributed by atoms with van der Waals surface area (Å²) in [5.74, 6) is 0.703. The molecule has 0 aliphatic heterocycles. The van der Waals surface area contributed by atoms with E-state index in [0.717, 1.165) is 16.9 Å². The van der Waals surface area contributed by atoms with Gasteiger partial charge in [-0.1, -0.05) is 18.2 Å². The van der Waals surface area contributed by atoms with Crippen LogP contribution in [0.3, 0.4) is 0 Å². The lowest BCUT2D eigenvalue weighted by molar-refractivity contribution is -0.123. The van der Waals surface area contributed by atoms with Crippen LogP contribution in [0.1, 0.15) is 18.1 Å². The lowest BCUT2D eigenvalue weighted by Crippen LogP contribution is -2.39. The summed E-state index contributed by atoms with van der Waals surface area (Å²) >= 11 is 0. The quantitative estimate of drug-likeness (QED) is 0.802. The number of rotatable bonds is 6. The molecule has 1 amide bonds. The smallest absolute Gasteiger partial charge is 0.257 e. The fourth-order valence-electron chi connectivity index (χ4n) is 1.58. The van der Waals surface area contributed by atoms with Crippen molar-refractivity contribution < 1.29 is 9.53 Å². The van der Waals surface area contributed by atoms with Crippen molar-refractivity contribution in [2.24, 2.45) is 0 Å². The minimum Gasteiger partial charge on any atom is -0.483 e. The van der Waals surface area contributed by atoms with Gasteiger partial charge in [0.1, 0.15) is 5.75 Å². The Labute approximate surface area is 109 Å². The number of para-hydroxylation sites is 1. The number of carbonyl (C=O) groups excluding carboxylic acids is 1. The Morgan fingerprint density at radius 3 is 2.50 bits per heavy atom. The van der Waals surface area contributed by atoms with E-state index in [9.17, 15) is 4.79 Å². The van der Waals surface area contributed by atoms with Crippen molar-refractivity contribution in [1.82, 2.24) is 10.6 Å². The first kappa shape index (κ1) is 14.5. The van der Waals surface area contributed by atoms with E-state index >= 15 is 0 Å². The standard InChI is InChI=1S/C14H22N2O2/c1-10-6-5-7-11(2)14(10)18-9-13(17)16-8-12(3)15-4/h5-7,12,15H,8-9H2,1-4H3,(H,16,17). The second kappa shape index (κ2) is 7.01. The van der Waals surface area contributed by atoms with Crippen LogP contribution in [-0.2, 0) is 4.79 Å². The number of aryl methyl sites for hydroxylation is 2. The summed E-state index contributed by atoms with van der Waals surface area (Å²) in [6, 6.07) is 6.19. The maximum absolute atomic E-state index is 11.6. The van der Waals surface area contributed by atoms with Crippen LogP contribution >= 0.6 is 0 Å². The molecule has 0 aliphatic carbocycles. The number of ether oxygens (including phenoxy) is 1. The van der Waals surface area contributed by atoms with E-state index in [-0.39, 0.29) is 18.6 Å². The van der Waals surface area contributed by atoms with Gasteiger partial charge < -0.3 is 15.4 Å². The number of amides is 1. The van der Waals surface area contributed by atoms with Crippen molar-refractivity contribution in [2.75, 3.05) is 20.2 Å². The van der Waals surface area contributed by atoms with Gasteiger partial charge in [-0.3, -0.25) is 4.79 Å². The molecular formula is C14H22N2O2. The number of carbonyl (C=O) groups is 1. The van der Waals surface area contributed by atoms with Gasteiger partial charge in [-0.2, -0.15) is 0 Å². The third-order valence-corrected chi connectivity index (χ3v) is 2.85. The van der Waals surface area contributed by atoms with E-state index in [1.807, 2.05) is 46.0 Å². The Balaban J connectivity index is 2.43. The summed E-state index contributed by atoms with van der Waals surface area (Å²) in [5.41, 5.74) is 2.10. The molecule has 2 N–H and O–H groups in total. The summed E-state index contributed by atoms with van der Waals surface area (Å²) in [7, 11) is 1.87. The van der Waals surface area contributed by atoms with Crippen molar-refractivity contribution >= 4 is 5.91 Å². The third kappa shape index (κ3) is 4.37. The van der Waals surface area contributed by atoms with Crippen LogP contribution in [0.2, 0.25) is 0 Å². The van der Waals surface area contributed by atoms with E-state index in [1.165, 1.54) is 0 Å². The average Bonchev–Trinajstić information content (AvgIpc) is 2.35. The van der Waals surface area contributed by atoms with Gasteiger partial charge in [-0.25, -0.2) is 0 Å². The normalized spacial score (nSPS) is 12.0. The number of hydrogen-bond donors (Lipinski definition) is 2. The van der Waals surface area contributed by atoms with Crippen LogP contribution in [0.4, 0.5) is 0 Å². The van der Waals surface area contributed by atoms with Crippen molar-refractivity contribution in [2.45, 2.75) is 26.8 Å². The zero-order chi connectivity index (χ0) is 13.5. The summed E-state index contributed by atoms with van der Waals surface area (Å²) < 4.78 is 5.56. The number of nitrogens with one attached hydrogen (secondary N) is 2. The first-order chi connectivity index (χ1) is 8.54. The molecule has 0 heterocycles. The molecule has 1 atom stereocenters. The monoisotopic (exact) mass is 250 g/mol. The maximum Gasteiger partial charge on any atom is 0.257 e. The Kier molecular flexibility index (Phi) is 5.65. The molecule has 100 valence electrons. The molecule has 4 nitrogen and oxygen atoms in total. The Hall–Kier alpha value is -1.55. The molecule has 0 fully saturated rings. The molecule has 0 aromatic heterocycles. The topological polar surface area (TPSA) is 50.4 Å². The fraction of sp³-hybridized carbons (Fsp3) is 0.500. The van der Waals surface area contributed by atoms with Gasteiger partial charge >= 0.3 is 0 Å². The molecule has 0 radical (unpaired) electrons. The van der Waals surface area contributed by atoms with Gasteiger partial charge in [0.15, 0.2) is 6.61 Å². The van der Waals surface area contributed by atoms with Crippen molar-refractivity contribution in [1.29, 1.82) is 0 Å². The van der Waals surface area contributed by atoms with Crippen molar-refractivity contribution in [3.8, 4) is 5.75 Å². The molecule has 1 unspecified atom stereocenters. The van der Waals surface area contributed by atoms with Crippen molar-refractivity contribution in [3.63, 3.8) is 0 Å². The van der Waals surface area contributed by atoms with E-state index in [4.69, 9.17) is 4.74 Å². The summed E-state index contributed by atoms with van der Waals surface area (Å²) in [5, 5.41) is 5.87. The molecular weight excluding hydrogens is 228 g/mol. The van der Waals surface area contributed by atoms with E-state index in [1.54, 1.807) is 0 Å². The molecule has 18 heavy (non-hydrogen) atoms. The first-order valence-electron chi connectivity index (χ1n) is 6.17. The van der Waals surface area contributed by atoms with E-state index in [2.05, 4.69) is 10.6 Å². The molecule has 1 aromatic rings. The highest BCUT2D eigenvalue weighted by molar-refractivity contribution is 5.77. The zero-order valence-electron chi connectivity index (χ0n) is 11.5. The predicted octanol–water partition coefficient (Wildman–Crippen LogP) is 1.41. The highest BCUT2D eigenvalue weighted by atomic mass is 16.5. The molecule has 0 saturated heterocycles. The predicted molar refractivity (Wildman–Crippen MR) is 72.9 cm³/mol. The van der Waals surface area contributed by atoms with Crippen LogP contribution in [0.5, 0.6) is 5.75 Å². The second-order valence-corrected chi connectivity index (χ2v) is 4.50. The zero-order valence-corrected chi connectivity index (χ0v) is 11.5. The second-order valence-electron chi connectivity index (χ2n) is 4.50. The van der Waals surface area contributed by atoms with E-state index < -0.39 is 0 Å². The minimum absolute atomic E-state index is 0.0577. The third-order valence-electron chi connectivity index (χ3n) is 2.85. The van der Waals surface area contributed by atoms with Gasteiger partial charge in [0.25, 0.3) is 5.91 Å². The molecule has 0 saturated carbocycles. The van der Waals surface area contributed by atoms with Crippen molar-refractivity contribution in [3.05, 3.63) is 29.3 Å². The first-order valence-corrected chi connectivity index (χ1v) is 6.17. The van der Waals surface area contributed by atoms with Crippen LogP contribution in [0.15, 0.2) is 18.2 Å². The van der Waals surface area contributed by atoms with Gasteiger partial charge in [-0.05, 0) is 38.9 Å². The largest absolute Gasteiger partial charge is 0.483 e. The lowest BCUT2D eigenvalue weighted by Gasteiger charge is -2.14. The van der Waals surface area contributed by atoms with Gasteiger partial charge in [0.05, 0.1) is 0 Å². The summed E-state index contributed by atoms with van der Waals surface area (Å²) in [6.07, 6.45) is 0. The van der Waals surface area contributed by atoms with Crippen LogP contribution in [-0.4, -0.2) is 32.1 Å². The van der Waals surface area contributed by atoms with Crippen LogP contribution < -0.4 is 15.4 Å². The van der Waals surface area contributed by atoms with Gasteiger partial charge in [0, 0.05) is 12.6 Å². The highest BCUT2D eigenvalue weighted by Gasteiger charge is 2.07. The number of likely N-dealkylation sites (N-methyl/N-ethyl adjacent to an activating group) is 1. The van der Waals surface area contributed by atoms with Gasteiger partial charge in [0.2, 0.25) is 0 Å². The summed E-state index contributed by atoms with van der Waals surface area (Å²) in [6.45, 7) is 6.62. The van der Waals surface area contributed by atoms with Crippen LogP contribution in [0, 0.1) is 13.8 Å². The average molecular weight is 250 g/mol. The fourth-order valence-corrected chi connectivity index (χ4v) is 1.58. The molecule has 0 aliphatic rings. The molecule has 0 bridgehead atoms. The number of hydrogen-bond acceptors (Lipinski definition) is 3. The maximum atomic E-state index is 11.6. The molecule has 1 rings (SSSR count). The minimum atomic E-state index is -0.0975. The summed E-state index contributed by atoms with van der Waals surface area (Å²) in [4.78, 5) is 11.6. The SMILES string of the molecule is CNC(C)CNC(=O)COc1c(C)cccc1C. The molecule has 0 spiro atoms.